The second-order valence-corrected chi connectivity index (χ2v) is 7.51. The van der Waals surface area contributed by atoms with Gasteiger partial charge in [-0.15, -0.1) is 0 Å². The molecule has 0 atom stereocenters. The van der Waals surface area contributed by atoms with E-state index in [-0.39, 0.29) is 5.91 Å². The molecule has 4 nitrogen and oxygen atoms in total. The Morgan fingerprint density at radius 2 is 1.71 bits per heavy atom. The van der Waals surface area contributed by atoms with Gasteiger partial charge in [-0.2, -0.15) is 5.10 Å². The van der Waals surface area contributed by atoms with Crippen LogP contribution in [0.2, 0.25) is 10.0 Å². The Morgan fingerprint density at radius 3 is 2.39 bits per heavy atom. The van der Waals surface area contributed by atoms with Gasteiger partial charge in [-0.25, -0.2) is 5.43 Å². The molecule has 0 aliphatic heterocycles. The highest BCUT2D eigenvalue weighted by Crippen LogP contribution is 2.22. The van der Waals surface area contributed by atoms with E-state index in [9.17, 15) is 4.79 Å². The molecule has 0 aliphatic rings. The van der Waals surface area contributed by atoms with Crippen molar-refractivity contribution in [2.75, 3.05) is 0 Å². The number of amides is 1. The van der Waals surface area contributed by atoms with Crippen LogP contribution in [-0.4, -0.2) is 12.1 Å². The average Bonchev–Trinajstić information content (AvgIpc) is 2.69. The van der Waals surface area contributed by atoms with Gasteiger partial charge in [0.15, 0.2) is 0 Å². The number of hydrogen-bond acceptors (Lipinski definition) is 3. The topological polar surface area (TPSA) is 50.7 Å². The van der Waals surface area contributed by atoms with Crippen molar-refractivity contribution >= 4 is 51.3 Å². The van der Waals surface area contributed by atoms with Crippen LogP contribution >= 0.6 is 39.1 Å². The Bertz CT molecular complexity index is 987. The Hall–Kier alpha value is -2.34. The first-order valence-electron chi connectivity index (χ1n) is 8.27. The molecule has 0 unspecified atom stereocenters. The van der Waals surface area contributed by atoms with Gasteiger partial charge in [0.2, 0.25) is 0 Å². The number of benzene rings is 3. The van der Waals surface area contributed by atoms with Gasteiger partial charge in [-0.05, 0) is 54.1 Å². The van der Waals surface area contributed by atoms with Gasteiger partial charge in [0.1, 0.15) is 12.4 Å². The lowest BCUT2D eigenvalue weighted by Gasteiger charge is -2.07. The molecule has 0 fully saturated rings. The summed E-state index contributed by atoms with van der Waals surface area (Å²) in [5.74, 6) is 0.320. The SMILES string of the molecule is O=C(N/N=C/c1c(Cl)cccc1Cl)c1ccc(OCc2cccc(Br)c2)cc1. The van der Waals surface area contributed by atoms with Gasteiger partial charge in [0.25, 0.3) is 5.91 Å². The number of rotatable bonds is 6. The monoisotopic (exact) mass is 476 g/mol. The van der Waals surface area contributed by atoms with Crippen LogP contribution < -0.4 is 10.2 Å². The molecule has 0 heterocycles. The van der Waals surface area contributed by atoms with Gasteiger partial charge >= 0.3 is 0 Å². The number of halogens is 3. The molecule has 0 radical (unpaired) electrons. The fraction of sp³-hybridized carbons (Fsp3) is 0.0476. The molecular weight excluding hydrogens is 463 g/mol. The van der Waals surface area contributed by atoms with E-state index < -0.39 is 0 Å². The number of nitrogens with one attached hydrogen (secondary N) is 1. The maximum Gasteiger partial charge on any atom is 0.271 e. The first-order valence-corrected chi connectivity index (χ1v) is 9.82. The number of hydrazone groups is 1. The van der Waals surface area contributed by atoms with Gasteiger partial charge in [-0.3, -0.25) is 4.79 Å². The lowest BCUT2D eigenvalue weighted by Crippen LogP contribution is -2.17. The normalized spacial score (nSPS) is 10.8. The maximum atomic E-state index is 12.2. The summed E-state index contributed by atoms with van der Waals surface area (Å²) in [4.78, 5) is 12.2. The van der Waals surface area contributed by atoms with E-state index in [0.29, 0.717) is 33.5 Å². The highest BCUT2D eigenvalue weighted by molar-refractivity contribution is 9.10. The molecule has 0 spiro atoms. The van der Waals surface area contributed by atoms with Gasteiger partial charge in [0, 0.05) is 15.6 Å². The molecule has 0 saturated carbocycles. The zero-order chi connectivity index (χ0) is 19.9. The Labute approximate surface area is 181 Å². The number of hydrogen-bond donors (Lipinski definition) is 1. The van der Waals surface area contributed by atoms with Crippen LogP contribution in [0.3, 0.4) is 0 Å². The lowest BCUT2D eigenvalue weighted by atomic mass is 10.2. The highest BCUT2D eigenvalue weighted by atomic mass is 79.9. The first kappa shape index (κ1) is 20.4. The number of carbonyl (C=O) groups excluding carboxylic acids is 1. The van der Waals surface area contributed by atoms with Crippen LogP contribution in [0.15, 0.2) is 76.3 Å². The molecule has 0 bridgehead atoms. The van der Waals surface area contributed by atoms with E-state index in [1.165, 1.54) is 6.21 Å². The molecule has 3 aromatic carbocycles. The summed E-state index contributed by atoms with van der Waals surface area (Å²) in [5.41, 5.74) is 4.50. The third kappa shape index (κ3) is 5.58. The van der Waals surface area contributed by atoms with Crippen LogP contribution in [-0.2, 0) is 6.61 Å². The molecule has 0 aromatic heterocycles. The zero-order valence-corrected chi connectivity index (χ0v) is 17.6. The van der Waals surface area contributed by atoms with Crippen molar-refractivity contribution < 1.29 is 9.53 Å². The largest absolute Gasteiger partial charge is 0.489 e. The van der Waals surface area contributed by atoms with Crippen molar-refractivity contribution in [1.82, 2.24) is 5.43 Å². The molecular formula is C21H15BrCl2N2O2. The molecule has 7 heteroatoms. The molecule has 28 heavy (non-hydrogen) atoms. The summed E-state index contributed by atoms with van der Waals surface area (Å²) in [5, 5.41) is 4.83. The summed E-state index contributed by atoms with van der Waals surface area (Å²) in [6, 6.07) is 19.8. The summed E-state index contributed by atoms with van der Waals surface area (Å²) >= 11 is 15.5. The van der Waals surface area contributed by atoms with Crippen LogP contribution in [0.25, 0.3) is 0 Å². The second-order valence-electron chi connectivity index (χ2n) is 5.78. The molecule has 3 rings (SSSR count). The molecule has 1 N–H and O–H groups in total. The Kier molecular flexibility index (Phi) is 7.09. The van der Waals surface area contributed by atoms with Crippen molar-refractivity contribution in [3.8, 4) is 5.75 Å². The molecule has 0 aliphatic carbocycles. The van der Waals surface area contributed by atoms with E-state index in [1.54, 1.807) is 42.5 Å². The van der Waals surface area contributed by atoms with Crippen molar-refractivity contribution in [2.45, 2.75) is 6.61 Å². The van der Waals surface area contributed by atoms with Crippen molar-refractivity contribution in [3.63, 3.8) is 0 Å². The van der Waals surface area contributed by atoms with Gasteiger partial charge in [0.05, 0.1) is 16.3 Å². The third-order valence-electron chi connectivity index (χ3n) is 3.77. The third-order valence-corrected chi connectivity index (χ3v) is 4.92. The summed E-state index contributed by atoms with van der Waals surface area (Å²) < 4.78 is 6.73. The predicted octanol–water partition coefficient (Wildman–Crippen LogP) is 6.10. The van der Waals surface area contributed by atoms with Crippen LogP contribution in [0.4, 0.5) is 0 Å². The fourth-order valence-electron chi connectivity index (χ4n) is 2.35. The average molecular weight is 478 g/mol. The standard InChI is InChI=1S/C21H15BrCl2N2O2/c22-16-4-1-3-14(11-16)13-28-17-9-7-15(8-10-17)21(27)26-25-12-18-19(23)5-2-6-20(18)24/h1-12H,13H2,(H,26,27)/b25-12+. The zero-order valence-electron chi connectivity index (χ0n) is 14.5. The van der Waals surface area contributed by atoms with Crippen LogP contribution in [0, 0.1) is 0 Å². The summed E-state index contributed by atoms with van der Waals surface area (Å²) in [6.07, 6.45) is 1.41. The summed E-state index contributed by atoms with van der Waals surface area (Å²) in [6.45, 7) is 0.438. The Balaban J connectivity index is 1.57. The van der Waals surface area contributed by atoms with E-state index in [0.717, 1.165) is 10.0 Å². The van der Waals surface area contributed by atoms with Crippen LogP contribution in [0.1, 0.15) is 21.5 Å². The van der Waals surface area contributed by atoms with Crippen LogP contribution in [0.5, 0.6) is 5.75 Å². The van der Waals surface area contributed by atoms with E-state index in [2.05, 4.69) is 26.5 Å². The smallest absolute Gasteiger partial charge is 0.271 e. The molecule has 3 aromatic rings. The van der Waals surface area contributed by atoms with Crippen molar-refractivity contribution in [3.05, 3.63) is 97.9 Å². The van der Waals surface area contributed by atoms with Gasteiger partial charge in [-0.1, -0.05) is 57.3 Å². The van der Waals surface area contributed by atoms with Crippen molar-refractivity contribution in [1.29, 1.82) is 0 Å². The maximum absolute atomic E-state index is 12.2. The molecule has 142 valence electrons. The number of nitrogens with zero attached hydrogens (tertiary/aromatic N) is 1. The first-order chi connectivity index (χ1) is 13.5. The van der Waals surface area contributed by atoms with Crippen molar-refractivity contribution in [2.24, 2.45) is 5.10 Å². The summed E-state index contributed by atoms with van der Waals surface area (Å²) in [7, 11) is 0. The quantitative estimate of drug-likeness (QED) is 0.344. The van der Waals surface area contributed by atoms with Gasteiger partial charge < -0.3 is 4.74 Å². The lowest BCUT2D eigenvalue weighted by molar-refractivity contribution is 0.0955. The predicted molar refractivity (Wildman–Crippen MR) is 116 cm³/mol. The van der Waals surface area contributed by atoms with E-state index in [4.69, 9.17) is 27.9 Å². The highest BCUT2D eigenvalue weighted by Gasteiger charge is 2.06. The van der Waals surface area contributed by atoms with E-state index in [1.807, 2.05) is 24.3 Å². The minimum absolute atomic E-state index is 0.349. The Morgan fingerprint density at radius 1 is 1.04 bits per heavy atom. The minimum Gasteiger partial charge on any atom is -0.489 e. The van der Waals surface area contributed by atoms with E-state index >= 15 is 0 Å². The molecule has 0 saturated heterocycles. The second kappa shape index (κ2) is 9.73. The number of ether oxygens (including phenoxy) is 1. The fourth-order valence-corrected chi connectivity index (χ4v) is 3.29. The minimum atomic E-state index is -0.349. The molecule has 1 amide bonds. The number of carbonyl (C=O) groups is 1.